The number of nitrogens with one attached hydrogen (secondary N) is 1. The van der Waals surface area contributed by atoms with Gasteiger partial charge in [0.05, 0.1) is 0 Å². The van der Waals surface area contributed by atoms with Crippen molar-refractivity contribution in [2.75, 3.05) is 19.6 Å². The Bertz CT molecular complexity index is 406. The summed E-state index contributed by atoms with van der Waals surface area (Å²) >= 11 is 0. The second-order valence-corrected chi connectivity index (χ2v) is 6.77. The summed E-state index contributed by atoms with van der Waals surface area (Å²) in [7, 11) is 0. The number of hydrogen-bond donors (Lipinski definition) is 1. The lowest BCUT2D eigenvalue weighted by molar-refractivity contribution is 0.245. The lowest BCUT2D eigenvalue weighted by Crippen LogP contribution is -2.36. The van der Waals surface area contributed by atoms with E-state index in [0.29, 0.717) is 6.04 Å². The smallest absolute Gasteiger partial charge is 0.0449 e. The summed E-state index contributed by atoms with van der Waals surface area (Å²) in [6.07, 6.45) is 3.95. The first-order chi connectivity index (χ1) is 10.1. The number of hydrogen-bond acceptors (Lipinski definition) is 2. The van der Waals surface area contributed by atoms with Crippen LogP contribution in [0.4, 0.5) is 0 Å². The van der Waals surface area contributed by atoms with Gasteiger partial charge in [0.15, 0.2) is 0 Å². The van der Waals surface area contributed by atoms with Crippen molar-refractivity contribution < 1.29 is 0 Å². The van der Waals surface area contributed by atoms with Crippen LogP contribution in [0, 0.1) is 5.92 Å². The molecule has 1 atom stereocenters. The first kappa shape index (κ1) is 16.5. The minimum atomic E-state index is 0.462. The molecule has 118 valence electrons. The van der Waals surface area contributed by atoms with Gasteiger partial charge in [0.25, 0.3) is 0 Å². The molecule has 0 aromatic heterocycles. The van der Waals surface area contributed by atoms with E-state index in [0.717, 1.165) is 31.6 Å². The van der Waals surface area contributed by atoms with Gasteiger partial charge in [0, 0.05) is 18.6 Å². The lowest BCUT2D eigenvalue weighted by Gasteiger charge is -2.27. The Morgan fingerprint density at radius 1 is 1.14 bits per heavy atom. The Morgan fingerprint density at radius 3 is 2.29 bits per heavy atom. The third-order valence-electron chi connectivity index (χ3n) is 4.36. The van der Waals surface area contributed by atoms with E-state index in [4.69, 9.17) is 0 Å². The monoisotopic (exact) mass is 288 g/mol. The van der Waals surface area contributed by atoms with E-state index in [9.17, 15) is 0 Å². The summed E-state index contributed by atoms with van der Waals surface area (Å²) in [6.45, 7) is 12.4. The lowest BCUT2D eigenvalue weighted by atomic mass is 9.99. The maximum atomic E-state index is 3.66. The topological polar surface area (TPSA) is 15.3 Å². The molecular weight excluding hydrogens is 256 g/mol. The molecule has 0 radical (unpaired) electrons. The second-order valence-electron chi connectivity index (χ2n) is 6.77. The Labute approximate surface area is 130 Å². The van der Waals surface area contributed by atoms with Gasteiger partial charge < -0.3 is 5.32 Å². The van der Waals surface area contributed by atoms with Crippen molar-refractivity contribution in [3.63, 3.8) is 0 Å². The van der Waals surface area contributed by atoms with E-state index >= 15 is 0 Å². The fourth-order valence-electron chi connectivity index (χ4n) is 3.10. The van der Waals surface area contributed by atoms with E-state index in [1.807, 2.05) is 0 Å². The van der Waals surface area contributed by atoms with Crippen LogP contribution >= 0.6 is 0 Å². The second kappa shape index (κ2) is 7.95. The summed E-state index contributed by atoms with van der Waals surface area (Å²) < 4.78 is 0. The third kappa shape index (κ3) is 5.12. The van der Waals surface area contributed by atoms with Crippen molar-refractivity contribution in [1.29, 1.82) is 0 Å². The fourth-order valence-corrected chi connectivity index (χ4v) is 3.10. The Hall–Kier alpha value is -0.860. The molecule has 0 spiro atoms. The summed E-state index contributed by atoms with van der Waals surface area (Å²) in [5.41, 5.74) is 2.89. The van der Waals surface area contributed by atoms with E-state index in [1.54, 1.807) is 0 Å². The van der Waals surface area contributed by atoms with Crippen LogP contribution in [-0.2, 0) is 6.42 Å². The van der Waals surface area contributed by atoms with Gasteiger partial charge in [-0.2, -0.15) is 0 Å². The largest absolute Gasteiger partial charge is 0.309 e. The number of benzene rings is 1. The summed E-state index contributed by atoms with van der Waals surface area (Å²) in [4.78, 5) is 2.63. The van der Waals surface area contributed by atoms with Crippen LogP contribution < -0.4 is 5.32 Å². The SMILES string of the molecule is CCNC(CN(CC)C1CC1)c1ccc(CC(C)C)cc1. The van der Waals surface area contributed by atoms with Crippen molar-refractivity contribution in [3.8, 4) is 0 Å². The molecule has 21 heavy (non-hydrogen) atoms. The third-order valence-corrected chi connectivity index (χ3v) is 4.36. The molecular formula is C19H32N2. The molecule has 0 saturated heterocycles. The highest BCUT2D eigenvalue weighted by Gasteiger charge is 2.29. The molecule has 0 amide bonds. The Balaban J connectivity index is 2.02. The van der Waals surface area contributed by atoms with Crippen molar-refractivity contribution >= 4 is 0 Å². The molecule has 0 heterocycles. The first-order valence-corrected chi connectivity index (χ1v) is 8.70. The van der Waals surface area contributed by atoms with Crippen LogP contribution in [0.25, 0.3) is 0 Å². The fraction of sp³-hybridized carbons (Fsp3) is 0.684. The molecule has 1 aromatic rings. The van der Waals surface area contributed by atoms with Crippen molar-refractivity contribution in [3.05, 3.63) is 35.4 Å². The van der Waals surface area contributed by atoms with Crippen LogP contribution in [0.2, 0.25) is 0 Å². The van der Waals surface area contributed by atoms with E-state index < -0.39 is 0 Å². The molecule has 1 aliphatic carbocycles. The molecule has 1 fully saturated rings. The molecule has 2 heteroatoms. The van der Waals surface area contributed by atoms with E-state index in [2.05, 4.69) is 62.2 Å². The Kier molecular flexibility index (Phi) is 6.25. The quantitative estimate of drug-likeness (QED) is 0.738. The van der Waals surface area contributed by atoms with Crippen LogP contribution in [0.5, 0.6) is 0 Å². The summed E-state index contributed by atoms with van der Waals surface area (Å²) in [5.74, 6) is 0.728. The van der Waals surface area contributed by atoms with Gasteiger partial charge in [-0.25, -0.2) is 0 Å². The number of rotatable bonds is 9. The van der Waals surface area contributed by atoms with Crippen molar-refractivity contribution in [2.45, 2.75) is 59.0 Å². The average molecular weight is 288 g/mol. The van der Waals surface area contributed by atoms with Gasteiger partial charge in [-0.05, 0) is 49.4 Å². The van der Waals surface area contributed by atoms with Gasteiger partial charge in [0.2, 0.25) is 0 Å². The standard InChI is InChI=1S/C19H32N2/c1-5-20-19(14-21(6-2)18-11-12-18)17-9-7-16(8-10-17)13-15(3)4/h7-10,15,18-20H,5-6,11-14H2,1-4H3. The molecule has 2 rings (SSSR count). The van der Waals surface area contributed by atoms with Crippen molar-refractivity contribution in [2.24, 2.45) is 5.92 Å². The zero-order valence-electron chi connectivity index (χ0n) is 14.2. The normalized spacial score (nSPS) is 16.7. The van der Waals surface area contributed by atoms with Crippen LogP contribution in [-0.4, -0.2) is 30.6 Å². The summed E-state index contributed by atoms with van der Waals surface area (Å²) in [5, 5.41) is 3.66. The summed E-state index contributed by atoms with van der Waals surface area (Å²) in [6, 6.07) is 10.6. The predicted octanol–water partition coefficient (Wildman–Crippen LogP) is 4.02. The predicted molar refractivity (Wildman–Crippen MR) is 91.7 cm³/mol. The first-order valence-electron chi connectivity index (χ1n) is 8.70. The molecule has 1 unspecified atom stereocenters. The molecule has 1 N–H and O–H groups in total. The van der Waals surface area contributed by atoms with Gasteiger partial charge in [-0.1, -0.05) is 52.0 Å². The van der Waals surface area contributed by atoms with Crippen molar-refractivity contribution in [1.82, 2.24) is 10.2 Å². The molecule has 1 aliphatic rings. The molecule has 0 bridgehead atoms. The highest BCUT2D eigenvalue weighted by atomic mass is 15.2. The molecule has 2 nitrogen and oxygen atoms in total. The molecule has 1 saturated carbocycles. The van der Waals surface area contributed by atoms with Gasteiger partial charge >= 0.3 is 0 Å². The van der Waals surface area contributed by atoms with E-state index in [-0.39, 0.29) is 0 Å². The minimum Gasteiger partial charge on any atom is -0.309 e. The zero-order valence-corrected chi connectivity index (χ0v) is 14.2. The van der Waals surface area contributed by atoms with Gasteiger partial charge in [0.1, 0.15) is 0 Å². The Morgan fingerprint density at radius 2 is 1.81 bits per heavy atom. The van der Waals surface area contributed by atoms with Crippen LogP contribution in [0.15, 0.2) is 24.3 Å². The molecule has 1 aromatic carbocycles. The van der Waals surface area contributed by atoms with Gasteiger partial charge in [-0.3, -0.25) is 4.90 Å². The minimum absolute atomic E-state index is 0.462. The maximum Gasteiger partial charge on any atom is 0.0449 e. The highest BCUT2D eigenvalue weighted by molar-refractivity contribution is 5.25. The zero-order chi connectivity index (χ0) is 15.2. The maximum absolute atomic E-state index is 3.66. The average Bonchev–Trinajstić information content (AvgIpc) is 3.28. The number of nitrogens with zero attached hydrogens (tertiary/aromatic N) is 1. The highest BCUT2D eigenvalue weighted by Crippen LogP contribution is 2.28. The van der Waals surface area contributed by atoms with E-state index in [1.165, 1.54) is 30.4 Å². The van der Waals surface area contributed by atoms with Gasteiger partial charge in [-0.15, -0.1) is 0 Å². The van der Waals surface area contributed by atoms with Crippen LogP contribution in [0.1, 0.15) is 57.7 Å². The molecule has 0 aliphatic heterocycles. The van der Waals surface area contributed by atoms with Crippen LogP contribution in [0.3, 0.4) is 0 Å². The number of likely N-dealkylation sites (N-methyl/N-ethyl adjacent to an activating group) is 2.